The van der Waals surface area contributed by atoms with E-state index in [-0.39, 0.29) is 29.6 Å². The number of para-hydroxylation sites is 2. The first-order chi connectivity index (χ1) is 6.27. The summed E-state index contributed by atoms with van der Waals surface area (Å²) < 4.78 is 9.70. The fourth-order valence-electron chi connectivity index (χ4n) is 0.858. The Balaban J connectivity index is 0.00000169. The van der Waals surface area contributed by atoms with E-state index in [1.165, 1.54) is 7.11 Å². The molecular formula is C9H11NaO4. The predicted octanol–water partition coefficient (Wildman–Crippen LogP) is -0.0556. The van der Waals surface area contributed by atoms with Crippen LogP contribution < -0.4 is 9.47 Å². The van der Waals surface area contributed by atoms with Crippen molar-refractivity contribution in [2.45, 2.75) is 0 Å². The molecule has 0 unspecified atom stereocenters. The van der Waals surface area contributed by atoms with Gasteiger partial charge >= 0.3 is 35.5 Å². The van der Waals surface area contributed by atoms with Gasteiger partial charge in [-0.1, -0.05) is 12.1 Å². The van der Waals surface area contributed by atoms with Gasteiger partial charge in [0, 0.05) is 0 Å². The Labute approximate surface area is 104 Å². The van der Waals surface area contributed by atoms with Crippen molar-refractivity contribution in [3.63, 3.8) is 0 Å². The van der Waals surface area contributed by atoms with E-state index >= 15 is 0 Å². The molecule has 14 heavy (non-hydrogen) atoms. The molecule has 1 aromatic rings. The first kappa shape index (κ1) is 13.4. The summed E-state index contributed by atoms with van der Waals surface area (Å²) >= 11 is 0. The predicted molar refractivity (Wildman–Crippen MR) is 52.9 cm³/mol. The molecule has 0 saturated carbocycles. The Morgan fingerprint density at radius 3 is 2.43 bits per heavy atom. The summed E-state index contributed by atoms with van der Waals surface area (Å²) in [5.74, 6) is 0.0675. The third-order valence-corrected chi connectivity index (χ3v) is 1.42. The summed E-state index contributed by atoms with van der Waals surface area (Å²) in [5.41, 5.74) is 0. The van der Waals surface area contributed by atoms with Gasteiger partial charge in [-0.2, -0.15) is 0 Å². The summed E-state index contributed by atoms with van der Waals surface area (Å²) in [7, 11) is 1.48. The molecule has 0 aliphatic carbocycles. The summed E-state index contributed by atoms with van der Waals surface area (Å²) in [6.45, 7) is -0.641. The fraction of sp³-hybridized carbons (Fsp3) is 0.222. The minimum atomic E-state index is -0.704. The van der Waals surface area contributed by atoms with Crippen LogP contribution in [0.4, 0.5) is 0 Å². The van der Waals surface area contributed by atoms with Crippen LogP contribution in [0.1, 0.15) is 0 Å². The molecule has 0 aliphatic rings. The molecule has 0 fully saturated rings. The molecule has 1 aromatic carbocycles. The van der Waals surface area contributed by atoms with Crippen molar-refractivity contribution in [2.24, 2.45) is 0 Å². The molecule has 0 heterocycles. The number of hydrogen-bond donors (Lipinski definition) is 1. The monoisotopic (exact) mass is 206 g/mol. The third-order valence-electron chi connectivity index (χ3n) is 1.42. The van der Waals surface area contributed by atoms with Gasteiger partial charge in [0.25, 0.3) is 0 Å². The van der Waals surface area contributed by atoms with Gasteiger partial charge in [-0.15, -0.1) is 0 Å². The van der Waals surface area contributed by atoms with Crippen LogP contribution >= 0.6 is 0 Å². The molecule has 4 nitrogen and oxygen atoms in total. The van der Waals surface area contributed by atoms with Gasteiger partial charge in [-0.05, 0) is 12.1 Å². The van der Waals surface area contributed by atoms with Crippen LogP contribution in [-0.4, -0.2) is 54.3 Å². The van der Waals surface area contributed by atoms with Crippen molar-refractivity contribution in [2.75, 3.05) is 13.7 Å². The topological polar surface area (TPSA) is 55.8 Å². The Morgan fingerprint density at radius 2 is 1.93 bits per heavy atom. The molecule has 0 aromatic heterocycles. The van der Waals surface area contributed by atoms with E-state index in [0.717, 1.165) is 0 Å². The Hall–Kier alpha value is -0.550. The van der Waals surface area contributed by atoms with Gasteiger partial charge in [0.05, 0.1) is 7.11 Å². The van der Waals surface area contributed by atoms with Crippen LogP contribution in [0.3, 0.4) is 0 Å². The van der Waals surface area contributed by atoms with Crippen molar-refractivity contribution in [3.05, 3.63) is 24.3 Å². The standard InChI is InChI=1S/C9H10O4.Na.H/c1-12-7-4-2-3-5-8(7)13-9(11)6-10;;/h2-5,10H,6H2,1H3;;. The van der Waals surface area contributed by atoms with Crippen molar-refractivity contribution in [1.29, 1.82) is 0 Å². The number of methoxy groups -OCH3 is 1. The van der Waals surface area contributed by atoms with Crippen molar-refractivity contribution < 1.29 is 19.4 Å². The van der Waals surface area contributed by atoms with Gasteiger partial charge in [0.2, 0.25) is 0 Å². The van der Waals surface area contributed by atoms with Gasteiger partial charge in [0.1, 0.15) is 6.61 Å². The van der Waals surface area contributed by atoms with E-state index in [0.29, 0.717) is 11.5 Å². The average molecular weight is 206 g/mol. The number of hydrogen-bond acceptors (Lipinski definition) is 4. The Morgan fingerprint density at radius 1 is 1.36 bits per heavy atom. The van der Waals surface area contributed by atoms with Gasteiger partial charge < -0.3 is 14.6 Å². The second kappa shape index (κ2) is 6.84. The number of ether oxygens (including phenoxy) is 2. The molecule has 0 spiro atoms. The number of esters is 1. The molecule has 5 heteroatoms. The average Bonchev–Trinajstić information content (AvgIpc) is 2.18. The Kier molecular flexibility index (Phi) is 6.57. The number of aliphatic hydroxyl groups excluding tert-OH is 1. The van der Waals surface area contributed by atoms with Crippen LogP contribution in [0.25, 0.3) is 0 Å². The molecule has 1 rings (SSSR count). The molecule has 0 bridgehead atoms. The molecular weight excluding hydrogens is 195 g/mol. The van der Waals surface area contributed by atoms with Crippen LogP contribution in [0, 0.1) is 0 Å². The van der Waals surface area contributed by atoms with E-state index in [2.05, 4.69) is 0 Å². The van der Waals surface area contributed by atoms with Crippen LogP contribution in [-0.2, 0) is 4.79 Å². The molecule has 0 atom stereocenters. The zero-order valence-corrected chi connectivity index (χ0v) is 7.19. The van der Waals surface area contributed by atoms with Crippen LogP contribution in [0.15, 0.2) is 24.3 Å². The summed E-state index contributed by atoms with van der Waals surface area (Å²) in [4.78, 5) is 10.7. The van der Waals surface area contributed by atoms with Gasteiger partial charge in [0.15, 0.2) is 11.5 Å². The molecule has 0 saturated heterocycles. The van der Waals surface area contributed by atoms with E-state index in [1.807, 2.05) is 0 Å². The van der Waals surface area contributed by atoms with Crippen LogP contribution in [0.5, 0.6) is 11.5 Å². The zero-order valence-electron chi connectivity index (χ0n) is 7.19. The van der Waals surface area contributed by atoms with Gasteiger partial charge in [-0.3, -0.25) is 0 Å². The second-order valence-electron chi connectivity index (χ2n) is 2.28. The normalized spacial score (nSPS) is 8.71. The number of carbonyl (C=O) groups excluding carboxylic acids is 1. The Bertz CT molecular complexity index is 301. The first-order valence-electron chi connectivity index (χ1n) is 3.72. The fourth-order valence-corrected chi connectivity index (χ4v) is 0.858. The first-order valence-corrected chi connectivity index (χ1v) is 3.72. The SMILES string of the molecule is COc1ccccc1OC(=O)CO.[NaH]. The minimum absolute atomic E-state index is 0. The molecule has 0 aliphatic heterocycles. The summed E-state index contributed by atoms with van der Waals surface area (Å²) in [6.07, 6.45) is 0. The van der Waals surface area contributed by atoms with Crippen molar-refractivity contribution >= 4 is 35.5 Å². The molecule has 72 valence electrons. The quantitative estimate of drug-likeness (QED) is 0.428. The number of rotatable bonds is 3. The molecule has 0 radical (unpaired) electrons. The molecule has 1 N–H and O–H groups in total. The molecule has 0 amide bonds. The van der Waals surface area contributed by atoms with Crippen LogP contribution in [0.2, 0.25) is 0 Å². The maximum absolute atomic E-state index is 10.7. The number of carbonyl (C=O) groups is 1. The second-order valence-corrected chi connectivity index (χ2v) is 2.28. The number of benzene rings is 1. The van der Waals surface area contributed by atoms with E-state index in [4.69, 9.17) is 14.6 Å². The third kappa shape index (κ3) is 3.67. The van der Waals surface area contributed by atoms with Gasteiger partial charge in [-0.25, -0.2) is 4.79 Å². The van der Waals surface area contributed by atoms with Crippen molar-refractivity contribution in [1.82, 2.24) is 0 Å². The summed E-state index contributed by atoms with van der Waals surface area (Å²) in [5, 5.41) is 8.44. The summed E-state index contributed by atoms with van der Waals surface area (Å²) in [6, 6.07) is 6.73. The van der Waals surface area contributed by atoms with E-state index in [1.54, 1.807) is 24.3 Å². The number of aliphatic hydroxyl groups is 1. The van der Waals surface area contributed by atoms with Crippen molar-refractivity contribution in [3.8, 4) is 11.5 Å². The maximum atomic E-state index is 10.7. The van der Waals surface area contributed by atoms with E-state index in [9.17, 15) is 4.79 Å². The van der Waals surface area contributed by atoms with E-state index < -0.39 is 12.6 Å². The zero-order chi connectivity index (χ0) is 9.68.